The Bertz CT molecular complexity index is 1290. The van der Waals surface area contributed by atoms with E-state index in [0.29, 0.717) is 29.2 Å². The van der Waals surface area contributed by atoms with Crippen LogP contribution in [0.15, 0.2) is 57.5 Å². The molecule has 0 aliphatic heterocycles. The van der Waals surface area contributed by atoms with Crippen molar-refractivity contribution in [3.63, 3.8) is 0 Å². The van der Waals surface area contributed by atoms with E-state index in [4.69, 9.17) is 18.4 Å². The van der Waals surface area contributed by atoms with Gasteiger partial charge in [0.1, 0.15) is 18.1 Å². The number of hydrogen-bond donors (Lipinski definition) is 0. The standard InChI is InChI=1S/C23H20N4O7/c1-13-20(14(2)34-26-13)12-31-19-10-6-17(7-11-19)23(28)32-15(3)21-24-25-22(33-21)16-4-8-18(9-5-16)27(29)30/h4-11,15H,12H2,1-3H3. The summed E-state index contributed by atoms with van der Waals surface area (Å²) in [5.41, 5.74) is 2.43. The Morgan fingerprint density at radius 3 is 2.41 bits per heavy atom. The zero-order valence-corrected chi connectivity index (χ0v) is 18.5. The molecular formula is C23H20N4O7. The van der Waals surface area contributed by atoms with Gasteiger partial charge in [-0.05, 0) is 57.2 Å². The first-order valence-electron chi connectivity index (χ1n) is 10.3. The molecule has 0 fully saturated rings. The Balaban J connectivity index is 1.35. The number of esters is 1. The number of nitrogens with zero attached hydrogens (tertiary/aromatic N) is 4. The molecule has 2 heterocycles. The number of aryl methyl sites for hydroxylation is 2. The Kier molecular flexibility index (Phi) is 6.35. The van der Waals surface area contributed by atoms with E-state index in [-0.39, 0.29) is 17.5 Å². The minimum atomic E-state index is -0.803. The van der Waals surface area contributed by atoms with Gasteiger partial charge in [0, 0.05) is 17.7 Å². The van der Waals surface area contributed by atoms with E-state index >= 15 is 0 Å². The van der Waals surface area contributed by atoms with Crippen molar-refractivity contribution in [3.05, 3.63) is 87.1 Å². The van der Waals surface area contributed by atoms with Gasteiger partial charge in [-0.2, -0.15) is 0 Å². The molecule has 0 N–H and O–H groups in total. The fourth-order valence-electron chi connectivity index (χ4n) is 3.07. The van der Waals surface area contributed by atoms with Gasteiger partial charge >= 0.3 is 5.97 Å². The first-order chi connectivity index (χ1) is 16.3. The summed E-state index contributed by atoms with van der Waals surface area (Å²) in [6, 6.07) is 12.2. The maximum atomic E-state index is 12.5. The zero-order valence-electron chi connectivity index (χ0n) is 18.5. The lowest BCUT2D eigenvalue weighted by Crippen LogP contribution is -2.09. The van der Waals surface area contributed by atoms with Gasteiger partial charge in [-0.3, -0.25) is 10.1 Å². The topological polar surface area (TPSA) is 144 Å². The van der Waals surface area contributed by atoms with Gasteiger partial charge < -0.3 is 18.4 Å². The highest BCUT2D eigenvalue weighted by molar-refractivity contribution is 5.89. The van der Waals surface area contributed by atoms with E-state index in [9.17, 15) is 14.9 Å². The van der Waals surface area contributed by atoms with Gasteiger partial charge in [-0.25, -0.2) is 4.79 Å². The molecule has 1 unspecified atom stereocenters. The summed E-state index contributed by atoms with van der Waals surface area (Å²) in [5, 5.41) is 22.5. The molecule has 4 rings (SSSR count). The van der Waals surface area contributed by atoms with Crippen LogP contribution in [0.25, 0.3) is 11.5 Å². The first kappa shape index (κ1) is 22.6. The lowest BCUT2D eigenvalue weighted by Gasteiger charge is -2.10. The van der Waals surface area contributed by atoms with Gasteiger partial charge in [0.05, 0.1) is 21.7 Å². The number of aromatic nitrogens is 3. The molecule has 0 bridgehead atoms. The zero-order chi connectivity index (χ0) is 24.2. The van der Waals surface area contributed by atoms with Crippen molar-refractivity contribution in [1.29, 1.82) is 0 Å². The van der Waals surface area contributed by atoms with Crippen LogP contribution in [0.5, 0.6) is 5.75 Å². The van der Waals surface area contributed by atoms with Crippen molar-refractivity contribution in [3.8, 4) is 17.2 Å². The number of nitro groups is 1. The van der Waals surface area contributed by atoms with Crippen molar-refractivity contribution in [2.75, 3.05) is 0 Å². The molecule has 2 aromatic carbocycles. The van der Waals surface area contributed by atoms with Crippen molar-refractivity contribution < 1.29 is 28.1 Å². The second-order valence-electron chi connectivity index (χ2n) is 7.41. The van der Waals surface area contributed by atoms with Crippen LogP contribution in [0.1, 0.15) is 46.3 Å². The monoisotopic (exact) mass is 464 g/mol. The predicted molar refractivity (Wildman–Crippen MR) is 117 cm³/mol. The number of non-ortho nitro benzene ring substituents is 1. The highest BCUT2D eigenvalue weighted by Gasteiger charge is 2.20. The lowest BCUT2D eigenvalue weighted by molar-refractivity contribution is -0.384. The minimum absolute atomic E-state index is 0.0501. The highest BCUT2D eigenvalue weighted by atomic mass is 16.6. The number of hydrogen-bond acceptors (Lipinski definition) is 10. The third-order valence-electron chi connectivity index (χ3n) is 5.05. The molecule has 4 aromatic rings. The largest absolute Gasteiger partial charge is 0.489 e. The van der Waals surface area contributed by atoms with Gasteiger partial charge in [0.2, 0.25) is 5.89 Å². The maximum absolute atomic E-state index is 12.5. The molecule has 0 spiro atoms. The Morgan fingerprint density at radius 1 is 1.09 bits per heavy atom. The molecule has 0 saturated heterocycles. The summed E-state index contributed by atoms with van der Waals surface area (Å²) >= 11 is 0. The third kappa shape index (κ3) is 4.93. The molecule has 0 amide bonds. The van der Waals surface area contributed by atoms with Crippen LogP contribution in [0.3, 0.4) is 0 Å². The average Bonchev–Trinajstić information content (AvgIpc) is 3.45. The van der Waals surface area contributed by atoms with Crippen LogP contribution in [-0.4, -0.2) is 26.2 Å². The fraction of sp³-hybridized carbons (Fsp3) is 0.217. The molecule has 0 radical (unpaired) electrons. The number of benzene rings is 2. The molecule has 11 heteroatoms. The summed E-state index contributed by atoms with van der Waals surface area (Å²) in [6.07, 6.45) is -0.803. The van der Waals surface area contributed by atoms with Crippen LogP contribution in [0.2, 0.25) is 0 Å². The molecule has 174 valence electrons. The molecular weight excluding hydrogens is 444 g/mol. The molecule has 34 heavy (non-hydrogen) atoms. The van der Waals surface area contributed by atoms with E-state index in [1.807, 2.05) is 13.8 Å². The first-order valence-corrected chi connectivity index (χ1v) is 10.3. The van der Waals surface area contributed by atoms with E-state index in [1.165, 1.54) is 24.3 Å². The molecule has 1 atom stereocenters. The molecule has 0 aliphatic carbocycles. The van der Waals surface area contributed by atoms with Gasteiger partial charge in [0.15, 0.2) is 6.10 Å². The molecule has 11 nitrogen and oxygen atoms in total. The van der Waals surface area contributed by atoms with E-state index in [0.717, 1.165) is 11.3 Å². The number of nitro benzene ring substituents is 1. The summed E-state index contributed by atoms with van der Waals surface area (Å²) in [4.78, 5) is 22.8. The second-order valence-corrected chi connectivity index (χ2v) is 7.41. The smallest absolute Gasteiger partial charge is 0.338 e. The fourth-order valence-corrected chi connectivity index (χ4v) is 3.07. The van der Waals surface area contributed by atoms with Crippen molar-refractivity contribution in [2.24, 2.45) is 0 Å². The predicted octanol–water partition coefficient (Wildman–Crippen LogP) is 4.75. The Labute approximate surface area is 193 Å². The number of ether oxygens (including phenoxy) is 2. The quantitative estimate of drug-likeness (QED) is 0.203. The van der Waals surface area contributed by atoms with Crippen molar-refractivity contribution in [2.45, 2.75) is 33.5 Å². The normalized spacial score (nSPS) is 11.7. The molecule has 0 aliphatic rings. The van der Waals surface area contributed by atoms with Gasteiger partial charge in [0.25, 0.3) is 11.6 Å². The average molecular weight is 464 g/mol. The summed E-state index contributed by atoms with van der Waals surface area (Å²) in [6.45, 7) is 5.56. The van der Waals surface area contributed by atoms with E-state index < -0.39 is 17.0 Å². The van der Waals surface area contributed by atoms with Crippen LogP contribution < -0.4 is 4.74 Å². The summed E-state index contributed by atoms with van der Waals surface area (Å²) in [7, 11) is 0. The van der Waals surface area contributed by atoms with Crippen molar-refractivity contribution in [1.82, 2.24) is 15.4 Å². The van der Waals surface area contributed by atoms with E-state index in [1.54, 1.807) is 31.2 Å². The summed E-state index contributed by atoms with van der Waals surface area (Å²) < 4.78 is 21.9. The van der Waals surface area contributed by atoms with Crippen LogP contribution >= 0.6 is 0 Å². The van der Waals surface area contributed by atoms with Crippen LogP contribution in [0.4, 0.5) is 5.69 Å². The molecule has 2 aromatic heterocycles. The Hall–Kier alpha value is -4.54. The number of carbonyl (C=O) groups excluding carboxylic acids is 1. The van der Waals surface area contributed by atoms with E-state index in [2.05, 4.69) is 15.4 Å². The minimum Gasteiger partial charge on any atom is -0.489 e. The third-order valence-corrected chi connectivity index (χ3v) is 5.05. The second kappa shape index (κ2) is 9.53. The SMILES string of the molecule is Cc1noc(C)c1COc1ccc(C(=O)OC(C)c2nnc(-c3ccc([N+](=O)[O-])cc3)o2)cc1. The number of carbonyl (C=O) groups is 1. The number of rotatable bonds is 8. The maximum Gasteiger partial charge on any atom is 0.338 e. The van der Waals surface area contributed by atoms with Gasteiger partial charge in [-0.15, -0.1) is 10.2 Å². The summed E-state index contributed by atoms with van der Waals surface area (Å²) in [5.74, 6) is 0.965. The Morgan fingerprint density at radius 2 is 1.79 bits per heavy atom. The highest BCUT2D eigenvalue weighted by Crippen LogP contribution is 2.25. The molecule has 0 saturated carbocycles. The lowest BCUT2D eigenvalue weighted by atomic mass is 10.2. The van der Waals surface area contributed by atoms with Crippen LogP contribution in [-0.2, 0) is 11.3 Å². The van der Waals surface area contributed by atoms with Gasteiger partial charge in [-0.1, -0.05) is 5.16 Å². The van der Waals surface area contributed by atoms with Crippen LogP contribution in [0, 0.1) is 24.0 Å². The van der Waals surface area contributed by atoms with Crippen molar-refractivity contribution >= 4 is 11.7 Å².